The number of piperazine rings is 1. The van der Waals surface area contributed by atoms with Gasteiger partial charge in [-0.05, 0) is 37.6 Å². The van der Waals surface area contributed by atoms with Crippen LogP contribution < -0.4 is 5.32 Å². The lowest BCUT2D eigenvalue weighted by Crippen LogP contribution is -2.60. The highest BCUT2D eigenvalue weighted by atomic mass is 15.2. The summed E-state index contributed by atoms with van der Waals surface area (Å²) < 4.78 is 0. The summed E-state index contributed by atoms with van der Waals surface area (Å²) in [6.07, 6.45) is 12.8. The van der Waals surface area contributed by atoms with Crippen LogP contribution in [0.15, 0.2) is 0 Å². The molecule has 21 heavy (non-hydrogen) atoms. The van der Waals surface area contributed by atoms with Crippen LogP contribution in [0.1, 0.15) is 78.6 Å². The van der Waals surface area contributed by atoms with E-state index in [9.17, 15) is 0 Å². The van der Waals surface area contributed by atoms with Crippen molar-refractivity contribution in [3.05, 3.63) is 0 Å². The Balaban J connectivity index is 1.90. The quantitative estimate of drug-likeness (QED) is 0.698. The van der Waals surface area contributed by atoms with Crippen molar-refractivity contribution in [2.75, 3.05) is 19.6 Å². The molecule has 0 aromatic heterocycles. The van der Waals surface area contributed by atoms with Gasteiger partial charge >= 0.3 is 0 Å². The Morgan fingerprint density at radius 2 is 1.86 bits per heavy atom. The lowest BCUT2D eigenvalue weighted by Gasteiger charge is -2.46. The molecule has 1 heterocycles. The van der Waals surface area contributed by atoms with Gasteiger partial charge < -0.3 is 5.32 Å². The zero-order chi connectivity index (χ0) is 15.1. The molecule has 3 unspecified atom stereocenters. The largest absolute Gasteiger partial charge is 0.311 e. The van der Waals surface area contributed by atoms with Crippen LogP contribution in [0.2, 0.25) is 0 Å². The molecule has 0 spiro atoms. The van der Waals surface area contributed by atoms with Gasteiger partial charge in [-0.1, -0.05) is 59.3 Å². The van der Waals surface area contributed by atoms with E-state index in [4.69, 9.17) is 0 Å². The molecule has 2 fully saturated rings. The predicted molar refractivity (Wildman–Crippen MR) is 92.7 cm³/mol. The summed E-state index contributed by atoms with van der Waals surface area (Å²) in [5.74, 6) is 1.77. The van der Waals surface area contributed by atoms with Crippen LogP contribution in [0.3, 0.4) is 0 Å². The zero-order valence-corrected chi connectivity index (χ0v) is 14.7. The van der Waals surface area contributed by atoms with Crippen molar-refractivity contribution in [3.63, 3.8) is 0 Å². The number of rotatable bonds is 7. The molecule has 0 amide bonds. The van der Waals surface area contributed by atoms with Crippen LogP contribution >= 0.6 is 0 Å². The molecule has 1 saturated heterocycles. The Bertz CT molecular complexity index is 273. The second-order valence-electron chi connectivity index (χ2n) is 7.57. The molecule has 1 saturated carbocycles. The second-order valence-corrected chi connectivity index (χ2v) is 7.57. The van der Waals surface area contributed by atoms with Crippen LogP contribution in [-0.2, 0) is 0 Å². The van der Waals surface area contributed by atoms with Gasteiger partial charge in [0.1, 0.15) is 0 Å². The van der Waals surface area contributed by atoms with Gasteiger partial charge in [-0.25, -0.2) is 0 Å². The highest BCUT2D eigenvalue weighted by Gasteiger charge is 2.34. The second kappa shape index (κ2) is 9.15. The number of unbranched alkanes of at least 4 members (excludes halogenated alkanes) is 2. The number of hydrogen-bond acceptors (Lipinski definition) is 2. The number of hydrogen-bond donors (Lipinski definition) is 1. The van der Waals surface area contributed by atoms with Crippen LogP contribution in [0.25, 0.3) is 0 Å². The molecule has 1 N–H and O–H groups in total. The average molecular weight is 295 g/mol. The van der Waals surface area contributed by atoms with Gasteiger partial charge in [-0.3, -0.25) is 4.90 Å². The molecule has 2 aliphatic rings. The number of nitrogens with zero attached hydrogens (tertiary/aromatic N) is 1. The van der Waals surface area contributed by atoms with Crippen molar-refractivity contribution < 1.29 is 0 Å². The summed E-state index contributed by atoms with van der Waals surface area (Å²) in [6, 6.07) is 1.54. The first-order valence-corrected chi connectivity index (χ1v) is 9.73. The minimum atomic E-state index is 0.770. The van der Waals surface area contributed by atoms with E-state index in [1.807, 2.05) is 0 Å². The molecule has 3 atom stereocenters. The molecule has 1 aliphatic heterocycles. The molecular formula is C19H38N2. The monoisotopic (exact) mass is 294 g/mol. The van der Waals surface area contributed by atoms with E-state index in [1.165, 1.54) is 77.4 Å². The molecular weight excluding hydrogens is 256 g/mol. The van der Waals surface area contributed by atoms with Crippen LogP contribution in [0.4, 0.5) is 0 Å². The summed E-state index contributed by atoms with van der Waals surface area (Å²) in [7, 11) is 0. The van der Waals surface area contributed by atoms with E-state index in [-0.39, 0.29) is 0 Å². The summed E-state index contributed by atoms with van der Waals surface area (Å²) in [5, 5.41) is 3.93. The van der Waals surface area contributed by atoms with Gasteiger partial charge in [-0.2, -0.15) is 0 Å². The van der Waals surface area contributed by atoms with Crippen LogP contribution in [0.5, 0.6) is 0 Å². The smallest absolute Gasteiger partial charge is 0.0246 e. The lowest BCUT2D eigenvalue weighted by molar-refractivity contribution is 0.0654. The van der Waals surface area contributed by atoms with Gasteiger partial charge in [-0.15, -0.1) is 0 Å². The van der Waals surface area contributed by atoms with Crippen molar-refractivity contribution in [3.8, 4) is 0 Å². The Kier molecular flexibility index (Phi) is 7.53. The topological polar surface area (TPSA) is 15.3 Å². The lowest BCUT2D eigenvalue weighted by atomic mass is 9.81. The van der Waals surface area contributed by atoms with E-state index < -0.39 is 0 Å². The van der Waals surface area contributed by atoms with Crippen molar-refractivity contribution in [2.24, 2.45) is 11.8 Å². The fourth-order valence-electron chi connectivity index (χ4n) is 4.36. The first-order chi connectivity index (χ1) is 10.3. The Labute approximate surface area is 133 Å². The van der Waals surface area contributed by atoms with Crippen LogP contribution in [-0.4, -0.2) is 36.6 Å². The summed E-state index contributed by atoms with van der Waals surface area (Å²) in [6.45, 7) is 11.0. The standard InChI is InChI=1S/C19H38N2/c1-4-6-10-13-21-15-18(17-11-8-7-9-12-17)20-14-19(21)16(3)5-2/h16-20H,4-15H2,1-3H3. The minimum Gasteiger partial charge on any atom is -0.311 e. The minimum absolute atomic E-state index is 0.770. The summed E-state index contributed by atoms with van der Waals surface area (Å²) in [4.78, 5) is 2.85. The maximum Gasteiger partial charge on any atom is 0.0246 e. The van der Waals surface area contributed by atoms with Crippen molar-refractivity contribution in [2.45, 2.75) is 90.6 Å². The Hall–Kier alpha value is -0.0800. The maximum atomic E-state index is 3.93. The molecule has 2 nitrogen and oxygen atoms in total. The van der Waals surface area contributed by atoms with Gasteiger partial charge in [0, 0.05) is 25.2 Å². The van der Waals surface area contributed by atoms with E-state index in [1.54, 1.807) is 0 Å². The van der Waals surface area contributed by atoms with Gasteiger partial charge in [0.25, 0.3) is 0 Å². The average Bonchev–Trinajstić information content (AvgIpc) is 2.55. The van der Waals surface area contributed by atoms with Crippen molar-refractivity contribution >= 4 is 0 Å². The molecule has 2 rings (SSSR count). The first kappa shape index (κ1) is 17.3. The molecule has 0 aromatic rings. The van der Waals surface area contributed by atoms with E-state index >= 15 is 0 Å². The summed E-state index contributed by atoms with van der Waals surface area (Å²) in [5.41, 5.74) is 0. The maximum absolute atomic E-state index is 3.93. The van der Waals surface area contributed by atoms with E-state index in [0.29, 0.717) is 0 Å². The molecule has 1 aliphatic carbocycles. The first-order valence-electron chi connectivity index (χ1n) is 9.73. The Morgan fingerprint density at radius 3 is 2.52 bits per heavy atom. The normalized spacial score (nSPS) is 30.4. The SMILES string of the molecule is CCCCCN1CC(C2CCCCC2)NCC1C(C)CC. The zero-order valence-electron chi connectivity index (χ0n) is 14.7. The van der Waals surface area contributed by atoms with Gasteiger partial charge in [0.15, 0.2) is 0 Å². The van der Waals surface area contributed by atoms with E-state index in [0.717, 1.165) is 23.9 Å². The third-order valence-electron chi connectivity index (χ3n) is 6.06. The fraction of sp³-hybridized carbons (Fsp3) is 1.00. The molecule has 0 aromatic carbocycles. The third kappa shape index (κ3) is 4.96. The van der Waals surface area contributed by atoms with E-state index in [2.05, 4.69) is 31.0 Å². The highest BCUT2D eigenvalue weighted by molar-refractivity contribution is 4.92. The van der Waals surface area contributed by atoms with Gasteiger partial charge in [0.2, 0.25) is 0 Å². The van der Waals surface area contributed by atoms with Crippen LogP contribution in [0, 0.1) is 11.8 Å². The molecule has 2 heteroatoms. The third-order valence-corrected chi connectivity index (χ3v) is 6.06. The molecule has 124 valence electrons. The molecule has 0 bridgehead atoms. The summed E-state index contributed by atoms with van der Waals surface area (Å²) >= 11 is 0. The predicted octanol–water partition coefficient (Wildman–Crippen LogP) is 4.45. The number of nitrogens with one attached hydrogen (secondary N) is 1. The van der Waals surface area contributed by atoms with Crippen molar-refractivity contribution in [1.29, 1.82) is 0 Å². The molecule has 0 radical (unpaired) electrons. The fourth-order valence-corrected chi connectivity index (χ4v) is 4.36. The van der Waals surface area contributed by atoms with Gasteiger partial charge in [0.05, 0.1) is 0 Å². The Morgan fingerprint density at radius 1 is 1.10 bits per heavy atom. The van der Waals surface area contributed by atoms with Crippen molar-refractivity contribution in [1.82, 2.24) is 10.2 Å². The highest BCUT2D eigenvalue weighted by Crippen LogP contribution is 2.29.